The summed E-state index contributed by atoms with van der Waals surface area (Å²) in [6.45, 7) is 17.6. The largest absolute Gasteiger partial charge is 0.312 e. The van der Waals surface area contributed by atoms with E-state index in [9.17, 15) is 0 Å². The average Bonchev–Trinajstić information content (AvgIpc) is 2.49. The molecule has 2 atom stereocenters. The Hall–Kier alpha value is -0.120. The summed E-state index contributed by atoms with van der Waals surface area (Å²) >= 11 is 0. The molecule has 2 unspecified atom stereocenters. The molecule has 1 aliphatic rings. The number of nitrogens with zero attached hydrogens (tertiary/aromatic N) is 2. The van der Waals surface area contributed by atoms with Crippen molar-refractivity contribution in [3.63, 3.8) is 0 Å². The van der Waals surface area contributed by atoms with Crippen LogP contribution in [0.1, 0.15) is 47.5 Å². The van der Waals surface area contributed by atoms with Crippen LogP contribution in [0.25, 0.3) is 0 Å². The molecule has 0 aliphatic carbocycles. The lowest BCUT2D eigenvalue weighted by molar-refractivity contribution is 0.129. The van der Waals surface area contributed by atoms with Crippen LogP contribution in [0.4, 0.5) is 0 Å². The van der Waals surface area contributed by atoms with Crippen molar-refractivity contribution >= 4 is 0 Å². The predicted octanol–water partition coefficient (Wildman–Crippen LogP) is 2.43. The smallest absolute Gasteiger partial charge is 0.0243 e. The summed E-state index contributed by atoms with van der Waals surface area (Å²) in [5.41, 5.74) is 0.326. The highest BCUT2D eigenvalue weighted by atomic mass is 15.2. The fourth-order valence-electron chi connectivity index (χ4n) is 3.05. The molecule has 0 aromatic heterocycles. The predicted molar refractivity (Wildman–Crippen MR) is 84.7 cm³/mol. The second kappa shape index (κ2) is 7.61. The molecular formula is C16H35N3. The van der Waals surface area contributed by atoms with Crippen molar-refractivity contribution in [3.05, 3.63) is 0 Å². The molecule has 0 bridgehead atoms. The standard InChI is InChI=1S/C16H35N3/c1-7-14-12-18(6)10-9-11-19(14)13-15(17-8-2)16(3,4)5/h14-15,17H,7-13H2,1-6H3. The zero-order valence-corrected chi connectivity index (χ0v) is 14.0. The van der Waals surface area contributed by atoms with Gasteiger partial charge in [0.2, 0.25) is 0 Å². The molecule has 1 N–H and O–H groups in total. The first-order valence-electron chi connectivity index (χ1n) is 8.04. The topological polar surface area (TPSA) is 18.5 Å². The third kappa shape index (κ3) is 5.41. The van der Waals surface area contributed by atoms with Crippen molar-refractivity contribution in [3.8, 4) is 0 Å². The van der Waals surface area contributed by atoms with E-state index in [-0.39, 0.29) is 0 Å². The Balaban J connectivity index is 2.69. The number of hydrogen-bond acceptors (Lipinski definition) is 3. The van der Waals surface area contributed by atoms with Gasteiger partial charge in [0.15, 0.2) is 0 Å². The molecule has 114 valence electrons. The van der Waals surface area contributed by atoms with Crippen LogP contribution in [-0.2, 0) is 0 Å². The highest BCUT2D eigenvalue weighted by molar-refractivity contribution is 4.87. The first kappa shape index (κ1) is 16.9. The highest BCUT2D eigenvalue weighted by Crippen LogP contribution is 2.22. The normalized spacial score (nSPS) is 25.3. The zero-order valence-electron chi connectivity index (χ0n) is 14.0. The summed E-state index contributed by atoms with van der Waals surface area (Å²) < 4.78 is 0. The van der Waals surface area contributed by atoms with Crippen LogP contribution in [0.5, 0.6) is 0 Å². The number of nitrogens with one attached hydrogen (secondary N) is 1. The van der Waals surface area contributed by atoms with Crippen LogP contribution < -0.4 is 5.32 Å². The summed E-state index contributed by atoms with van der Waals surface area (Å²) in [4.78, 5) is 5.22. The molecular weight excluding hydrogens is 234 g/mol. The van der Waals surface area contributed by atoms with Crippen molar-refractivity contribution in [2.45, 2.75) is 59.5 Å². The lowest BCUT2D eigenvalue weighted by atomic mass is 9.86. The fourth-order valence-corrected chi connectivity index (χ4v) is 3.05. The molecule has 3 nitrogen and oxygen atoms in total. The molecule has 0 amide bonds. The highest BCUT2D eigenvalue weighted by Gasteiger charge is 2.29. The first-order chi connectivity index (χ1) is 8.88. The van der Waals surface area contributed by atoms with Crippen molar-refractivity contribution in [1.82, 2.24) is 15.1 Å². The van der Waals surface area contributed by atoms with Gasteiger partial charge in [0.05, 0.1) is 0 Å². The molecule has 0 aromatic rings. The van der Waals surface area contributed by atoms with Crippen LogP contribution in [0.3, 0.4) is 0 Å². The maximum Gasteiger partial charge on any atom is 0.0243 e. The Morgan fingerprint density at radius 2 is 1.89 bits per heavy atom. The van der Waals surface area contributed by atoms with Crippen LogP contribution in [0.15, 0.2) is 0 Å². The quantitative estimate of drug-likeness (QED) is 0.827. The summed E-state index contributed by atoms with van der Waals surface area (Å²) in [5, 5.41) is 3.69. The number of hydrogen-bond donors (Lipinski definition) is 1. The van der Waals surface area contributed by atoms with Gasteiger partial charge >= 0.3 is 0 Å². The lowest BCUT2D eigenvalue weighted by Gasteiger charge is -2.38. The molecule has 0 radical (unpaired) electrons. The molecule has 0 aromatic carbocycles. The van der Waals surface area contributed by atoms with Gasteiger partial charge in [-0.1, -0.05) is 34.6 Å². The third-order valence-corrected chi connectivity index (χ3v) is 4.41. The van der Waals surface area contributed by atoms with Crippen molar-refractivity contribution in [2.75, 3.05) is 39.8 Å². The summed E-state index contributed by atoms with van der Waals surface area (Å²) in [5.74, 6) is 0. The van der Waals surface area contributed by atoms with E-state index in [1.54, 1.807) is 0 Å². The fraction of sp³-hybridized carbons (Fsp3) is 1.00. The molecule has 1 fully saturated rings. The summed E-state index contributed by atoms with van der Waals surface area (Å²) in [6.07, 6.45) is 2.56. The van der Waals surface area contributed by atoms with E-state index in [2.05, 4.69) is 56.8 Å². The Kier molecular flexibility index (Phi) is 6.78. The van der Waals surface area contributed by atoms with E-state index in [0.717, 1.165) is 12.6 Å². The van der Waals surface area contributed by atoms with Gasteiger partial charge in [0, 0.05) is 25.2 Å². The van der Waals surface area contributed by atoms with E-state index >= 15 is 0 Å². The maximum atomic E-state index is 3.69. The molecule has 1 rings (SSSR count). The second-order valence-corrected chi connectivity index (χ2v) is 7.15. The molecule has 1 heterocycles. The number of rotatable bonds is 5. The Labute approximate surface area is 120 Å². The van der Waals surface area contributed by atoms with E-state index in [1.165, 1.54) is 39.0 Å². The first-order valence-corrected chi connectivity index (χ1v) is 8.04. The van der Waals surface area contributed by atoms with Gasteiger partial charge in [-0.2, -0.15) is 0 Å². The molecule has 1 saturated heterocycles. The van der Waals surface area contributed by atoms with Gasteiger partial charge in [-0.05, 0) is 44.9 Å². The van der Waals surface area contributed by atoms with Crippen LogP contribution in [0, 0.1) is 5.41 Å². The van der Waals surface area contributed by atoms with Gasteiger partial charge in [-0.25, -0.2) is 0 Å². The van der Waals surface area contributed by atoms with Crippen LogP contribution in [0.2, 0.25) is 0 Å². The molecule has 19 heavy (non-hydrogen) atoms. The maximum absolute atomic E-state index is 3.69. The second-order valence-electron chi connectivity index (χ2n) is 7.15. The van der Waals surface area contributed by atoms with E-state index < -0.39 is 0 Å². The monoisotopic (exact) mass is 269 g/mol. The van der Waals surface area contributed by atoms with Gasteiger partial charge < -0.3 is 10.2 Å². The molecule has 3 heteroatoms. The minimum atomic E-state index is 0.326. The molecule has 0 saturated carbocycles. The van der Waals surface area contributed by atoms with Crippen LogP contribution >= 0.6 is 0 Å². The summed E-state index contributed by atoms with van der Waals surface area (Å²) in [7, 11) is 2.26. The molecule has 0 spiro atoms. The van der Waals surface area contributed by atoms with E-state index in [0.29, 0.717) is 11.5 Å². The van der Waals surface area contributed by atoms with Gasteiger partial charge in [0.25, 0.3) is 0 Å². The minimum Gasteiger partial charge on any atom is -0.312 e. The van der Waals surface area contributed by atoms with Crippen molar-refractivity contribution in [1.29, 1.82) is 0 Å². The lowest BCUT2D eigenvalue weighted by Crippen LogP contribution is -2.52. The SMILES string of the molecule is CCNC(CN1CCCN(C)CC1CC)C(C)(C)C. The van der Waals surface area contributed by atoms with Crippen molar-refractivity contribution < 1.29 is 0 Å². The van der Waals surface area contributed by atoms with Gasteiger partial charge in [-0.3, -0.25) is 4.90 Å². The van der Waals surface area contributed by atoms with E-state index in [4.69, 9.17) is 0 Å². The minimum absolute atomic E-state index is 0.326. The Morgan fingerprint density at radius 3 is 2.42 bits per heavy atom. The third-order valence-electron chi connectivity index (χ3n) is 4.41. The Bertz CT molecular complexity index is 247. The zero-order chi connectivity index (χ0) is 14.5. The van der Waals surface area contributed by atoms with Crippen LogP contribution in [-0.4, -0.2) is 61.7 Å². The van der Waals surface area contributed by atoms with Gasteiger partial charge in [-0.15, -0.1) is 0 Å². The van der Waals surface area contributed by atoms with Crippen molar-refractivity contribution in [2.24, 2.45) is 5.41 Å². The summed E-state index contributed by atoms with van der Waals surface area (Å²) in [6, 6.07) is 1.30. The van der Waals surface area contributed by atoms with E-state index in [1.807, 2.05) is 0 Å². The molecule has 1 aliphatic heterocycles. The average molecular weight is 269 g/mol. The number of likely N-dealkylation sites (N-methyl/N-ethyl adjacent to an activating group) is 2. The van der Waals surface area contributed by atoms with Gasteiger partial charge in [0.1, 0.15) is 0 Å². The Morgan fingerprint density at radius 1 is 1.21 bits per heavy atom.